The maximum atomic E-state index is 11.5. The molecule has 1 rings (SSSR count). The molecule has 0 bridgehead atoms. The summed E-state index contributed by atoms with van der Waals surface area (Å²) in [5.41, 5.74) is 0.866. The molecule has 0 heterocycles. The summed E-state index contributed by atoms with van der Waals surface area (Å²) < 4.78 is 5.43. The van der Waals surface area contributed by atoms with Gasteiger partial charge in [-0.2, -0.15) is 0 Å². The molecule has 0 aromatic rings. The highest BCUT2D eigenvalue weighted by molar-refractivity contribution is 5.87. The van der Waals surface area contributed by atoms with Crippen molar-refractivity contribution in [1.82, 2.24) is 0 Å². The maximum absolute atomic E-state index is 11.5. The SMILES string of the molecule is C=C(CC)C(=O)OC1CC(C)C(C)(C)C1. The van der Waals surface area contributed by atoms with Gasteiger partial charge >= 0.3 is 5.97 Å². The van der Waals surface area contributed by atoms with Gasteiger partial charge in [-0.25, -0.2) is 4.79 Å². The van der Waals surface area contributed by atoms with Crippen molar-refractivity contribution in [2.75, 3.05) is 0 Å². The van der Waals surface area contributed by atoms with Crippen LogP contribution in [0.25, 0.3) is 0 Å². The van der Waals surface area contributed by atoms with E-state index < -0.39 is 0 Å². The van der Waals surface area contributed by atoms with Crippen molar-refractivity contribution < 1.29 is 9.53 Å². The molecule has 2 nitrogen and oxygen atoms in total. The first-order valence-corrected chi connectivity index (χ1v) is 5.75. The van der Waals surface area contributed by atoms with Gasteiger partial charge in [-0.15, -0.1) is 0 Å². The number of carbonyl (C=O) groups excluding carboxylic acids is 1. The van der Waals surface area contributed by atoms with Gasteiger partial charge in [-0.1, -0.05) is 34.3 Å². The van der Waals surface area contributed by atoms with Gasteiger partial charge in [0.1, 0.15) is 6.10 Å². The molecule has 2 unspecified atom stereocenters. The third-order valence-electron chi connectivity index (χ3n) is 3.69. The van der Waals surface area contributed by atoms with E-state index in [0.717, 1.165) is 12.8 Å². The van der Waals surface area contributed by atoms with Gasteiger partial charge in [0.2, 0.25) is 0 Å². The fraction of sp³-hybridized carbons (Fsp3) is 0.769. The van der Waals surface area contributed by atoms with Gasteiger partial charge in [0.05, 0.1) is 0 Å². The maximum Gasteiger partial charge on any atom is 0.333 e. The molecular formula is C13H22O2. The van der Waals surface area contributed by atoms with Crippen LogP contribution in [0.4, 0.5) is 0 Å². The fourth-order valence-corrected chi connectivity index (χ4v) is 2.05. The zero-order chi connectivity index (χ0) is 11.6. The van der Waals surface area contributed by atoms with Crippen molar-refractivity contribution in [2.45, 2.75) is 53.1 Å². The first-order valence-electron chi connectivity index (χ1n) is 5.75. The number of rotatable bonds is 3. The van der Waals surface area contributed by atoms with E-state index in [1.807, 2.05) is 6.92 Å². The third kappa shape index (κ3) is 2.83. The monoisotopic (exact) mass is 210 g/mol. The lowest BCUT2D eigenvalue weighted by molar-refractivity contribution is -0.144. The van der Waals surface area contributed by atoms with Crippen LogP contribution in [0.5, 0.6) is 0 Å². The van der Waals surface area contributed by atoms with E-state index >= 15 is 0 Å². The molecule has 1 aliphatic carbocycles. The lowest BCUT2D eigenvalue weighted by Gasteiger charge is -2.22. The summed E-state index contributed by atoms with van der Waals surface area (Å²) in [6.45, 7) is 12.3. The molecule has 0 aromatic carbocycles. The molecule has 2 atom stereocenters. The van der Waals surface area contributed by atoms with Crippen LogP contribution >= 0.6 is 0 Å². The van der Waals surface area contributed by atoms with Crippen molar-refractivity contribution in [3.63, 3.8) is 0 Å². The summed E-state index contributed by atoms with van der Waals surface area (Å²) >= 11 is 0. The second-order valence-corrected chi connectivity index (χ2v) is 5.31. The molecule has 2 heteroatoms. The summed E-state index contributed by atoms with van der Waals surface area (Å²) in [6.07, 6.45) is 2.71. The Kier molecular flexibility index (Phi) is 3.58. The normalized spacial score (nSPS) is 28.8. The predicted molar refractivity (Wildman–Crippen MR) is 61.5 cm³/mol. The molecule has 0 saturated heterocycles. The van der Waals surface area contributed by atoms with Gasteiger partial charge < -0.3 is 4.74 Å². The number of ether oxygens (including phenoxy) is 1. The molecule has 0 spiro atoms. The molecule has 1 saturated carbocycles. The number of carbonyl (C=O) groups is 1. The van der Waals surface area contributed by atoms with E-state index in [9.17, 15) is 4.79 Å². The molecular weight excluding hydrogens is 188 g/mol. The Morgan fingerprint density at radius 1 is 1.53 bits per heavy atom. The Morgan fingerprint density at radius 3 is 2.53 bits per heavy atom. The lowest BCUT2D eigenvalue weighted by atomic mass is 9.83. The molecule has 0 amide bonds. The van der Waals surface area contributed by atoms with Crippen LogP contribution in [0.2, 0.25) is 0 Å². The summed E-state index contributed by atoms with van der Waals surface area (Å²) in [5, 5.41) is 0. The van der Waals surface area contributed by atoms with Crippen LogP contribution in [-0.4, -0.2) is 12.1 Å². The standard InChI is InChI=1S/C13H22O2/c1-6-9(2)12(14)15-11-7-10(3)13(4,5)8-11/h10-11H,2,6-8H2,1,3-5H3. The largest absolute Gasteiger partial charge is 0.459 e. The topological polar surface area (TPSA) is 26.3 Å². The Balaban J connectivity index is 2.49. The average molecular weight is 210 g/mol. The highest BCUT2D eigenvalue weighted by atomic mass is 16.5. The van der Waals surface area contributed by atoms with E-state index in [2.05, 4.69) is 27.4 Å². The molecule has 86 valence electrons. The van der Waals surface area contributed by atoms with Crippen LogP contribution in [-0.2, 0) is 9.53 Å². The quantitative estimate of drug-likeness (QED) is 0.527. The third-order valence-corrected chi connectivity index (χ3v) is 3.69. The van der Waals surface area contributed by atoms with Crippen LogP contribution in [0.15, 0.2) is 12.2 Å². The summed E-state index contributed by atoms with van der Waals surface area (Å²) in [5.74, 6) is 0.401. The Hall–Kier alpha value is -0.790. The second-order valence-electron chi connectivity index (χ2n) is 5.31. The zero-order valence-corrected chi connectivity index (χ0v) is 10.3. The van der Waals surface area contributed by atoms with Gasteiger partial charge in [-0.05, 0) is 30.6 Å². The van der Waals surface area contributed by atoms with Gasteiger partial charge in [0.15, 0.2) is 0 Å². The summed E-state index contributed by atoms with van der Waals surface area (Å²) in [7, 11) is 0. The second kappa shape index (κ2) is 4.38. The van der Waals surface area contributed by atoms with E-state index in [-0.39, 0.29) is 12.1 Å². The molecule has 1 aliphatic rings. The number of esters is 1. The minimum absolute atomic E-state index is 0.0887. The minimum Gasteiger partial charge on any atom is -0.459 e. The van der Waals surface area contributed by atoms with E-state index in [1.165, 1.54) is 0 Å². The highest BCUT2D eigenvalue weighted by Gasteiger charge is 2.39. The molecule has 0 N–H and O–H groups in total. The van der Waals surface area contributed by atoms with E-state index in [0.29, 0.717) is 23.3 Å². The minimum atomic E-state index is -0.215. The summed E-state index contributed by atoms with van der Waals surface area (Å²) in [6, 6.07) is 0. The number of hydrogen-bond donors (Lipinski definition) is 0. The van der Waals surface area contributed by atoms with Crippen molar-refractivity contribution in [3.8, 4) is 0 Å². The van der Waals surface area contributed by atoms with Gasteiger partial charge in [0, 0.05) is 5.57 Å². The average Bonchev–Trinajstić information content (AvgIpc) is 2.39. The lowest BCUT2D eigenvalue weighted by Crippen LogP contribution is -2.18. The number of hydrogen-bond acceptors (Lipinski definition) is 2. The van der Waals surface area contributed by atoms with Gasteiger partial charge in [-0.3, -0.25) is 0 Å². The van der Waals surface area contributed by atoms with Gasteiger partial charge in [0.25, 0.3) is 0 Å². The highest BCUT2D eigenvalue weighted by Crippen LogP contribution is 2.43. The smallest absolute Gasteiger partial charge is 0.333 e. The van der Waals surface area contributed by atoms with Crippen LogP contribution in [0.1, 0.15) is 47.0 Å². The molecule has 0 aromatic heterocycles. The molecule has 0 aliphatic heterocycles. The Bertz CT molecular complexity index is 266. The molecule has 15 heavy (non-hydrogen) atoms. The molecule has 0 radical (unpaired) electrons. The molecule has 1 fully saturated rings. The van der Waals surface area contributed by atoms with Crippen molar-refractivity contribution in [2.24, 2.45) is 11.3 Å². The van der Waals surface area contributed by atoms with Crippen molar-refractivity contribution >= 4 is 5.97 Å². The Labute approximate surface area is 92.7 Å². The van der Waals surface area contributed by atoms with Crippen LogP contribution < -0.4 is 0 Å². The Morgan fingerprint density at radius 2 is 2.13 bits per heavy atom. The van der Waals surface area contributed by atoms with Crippen LogP contribution in [0.3, 0.4) is 0 Å². The van der Waals surface area contributed by atoms with E-state index in [1.54, 1.807) is 0 Å². The fourth-order valence-electron chi connectivity index (χ4n) is 2.05. The van der Waals surface area contributed by atoms with Crippen molar-refractivity contribution in [3.05, 3.63) is 12.2 Å². The zero-order valence-electron chi connectivity index (χ0n) is 10.3. The summed E-state index contributed by atoms with van der Waals surface area (Å²) in [4.78, 5) is 11.5. The predicted octanol–water partition coefficient (Wildman–Crippen LogP) is 3.32. The van der Waals surface area contributed by atoms with E-state index in [4.69, 9.17) is 4.74 Å². The van der Waals surface area contributed by atoms with Crippen molar-refractivity contribution in [1.29, 1.82) is 0 Å². The first kappa shape index (κ1) is 12.3. The first-order chi connectivity index (χ1) is 6.86. The van der Waals surface area contributed by atoms with Crippen LogP contribution in [0, 0.1) is 11.3 Å².